The van der Waals surface area contributed by atoms with E-state index < -0.39 is 0 Å². The van der Waals surface area contributed by atoms with Crippen molar-refractivity contribution in [3.63, 3.8) is 0 Å². The molecular formula is C8H16N2O. The number of aliphatic hydroxyl groups is 1. The molecule has 0 amide bonds. The van der Waals surface area contributed by atoms with Gasteiger partial charge in [0.1, 0.15) is 0 Å². The number of hydrogen-bond acceptors (Lipinski definition) is 3. The largest absolute Gasteiger partial charge is 0.390 e. The van der Waals surface area contributed by atoms with Gasteiger partial charge >= 0.3 is 0 Å². The summed E-state index contributed by atoms with van der Waals surface area (Å²) >= 11 is 0. The van der Waals surface area contributed by atoms with Gasteiger partial charge in [-0.25, -0.2) is 0 Å². The van der Waals surface area contributed by atoms with Crippen molar-refractivity contribution in [2.45, 2.75) is 20.8 Å². The molecule has 0 aromatic rings. The third kappa shape index (κ3) is 1.66. The first-order valence-electron chi connectivity index (χ1n) is 3.88. The molecule has 0 atom stereocenters. The van der Waals surface area contributed by atoms with E-state index in [1.165, 1.54) is 0 Å². The molecule has 0 saturated heterocycles. The minimum Gasteiger partial charge on any atom is -0.390 e. The molecule has 3 heteroatoms. The summed E-state index contributed by atoms with van der Waals surface area (Å²) in [6, 6.07) is 0. The van der Waals surface area contributed by atoms with Gasteiger partial charge in [0.15, 0.2) is 0 Å². The number of nitrogens with one attached hydrogen (secondary N) is 2. The van der Waals surface area contributed by atoms with E-state index in [0.29, 0.717) is 0 Å². The summed E-state index contributed by atoms with van der Waals surface area (Å²) in [5.41, 5.74) is 2.15. The Labute approximate surface area is 67.5 Å². The van der Waals surface area contributed by atoms with Crippen molar-refractivity contribution in [3.05, 3.63) is 11.4 Å². The molecule has 0 aliphatic carbocycles. The second kappa shape index (κ2) is 2.74. The molecule has 64 valence electrons. The fraction of sp³-hybridized carbons (Fsp3) is 0.750. The van der Waals surface area contributed by atoms with Gasteiger partial charge < -0.3 is 15.7 Å². The SMILES string of the molecule is CC(C)(C)C1=C(CO)NCN1. The molecule has 11 heavy (non-hydrogen) atoms. The van der Waals surface area contributed by atoms with Crippen molar-refractivity contribution in [2.24, 2.45) is 5.41 Å². The average molecular weight is 156 g/mol. The maximum absolute atomic E-state index is 8.94. The van der Waals surface area contributed by atoms with Crippen LogP contribution in [0.25, 0.3) is 0 Å². The van der Waals surface area contributed by atoms with Crippen molar-refractivity contribution in [3.8, 4) is 0 Å². The van der Waals surface area contributed by atoms with Crippen LogP contribution in [0, 0.1) is 5.41 Å². The Balaban J connectivity index is 2.83. The van der Waals surface area contributed by atoms with Crippen molar-refractivity contribution in [1.29, 1.82) is 0 Å². The maximum Gasteiger partial charge on any atom is 0.0846 e. The molecule has 0 spiro atoms. The van der Waals surface area contributed by atoms with Gasteiger partial charge in [0.25, 0.3) is 0 Å². The van der Waals surface area contributed by atoms with E-state index in [-0.39, 0.29) is 12.0 Å². The van der Waals surface area contributed by atoms with Crippen LogP contribution in [0.2, 0.25) is 0 Å². The third-order valence-electron chi connectivity index (χ3n) is 1.78. The lowest BCUT2D eigenvalue weighted by Crippen LogP contribution is -2.22. The zero-order chi connectivity index (χ0) is 8.48. The summed E-state index contributed by atoms with van der Waals surface area (Å²) in [5.74, 6) is 0. The molecule has 0 aromatic heterocycles. The summed E-state index contributed by atoms with van der Waals surface area (Å²) in [4.78, 5) is 0. The second-order valence-corrected chi connectivity index (χ2v) is 3.79. The monoisotopic (exact) mass is 156 g/mol. The first kappa shape index (κ1) is 8.40. The summed E-state index contributed by atoms with van der Waals surface area (Å²) in [5, 5.41) is 15.2. The quantitative estimate of drug-likeness (QED) is 0.514. The van der Waals surface area contributed by atoms with Gasteiger partial charge in [-0.05, 0) is 0 Å². The van der Waals surface area contributed by atoms with Gasteiger partial charge in [0.2, 0.25) is 0 Å². The Kier molecular flexibility index (Phi) is 2.09. The summed E-state index contributed by atoms with van der Waals surface area (Å²) in [6.07, 6.45) is 0. The van der Waals surface area contributed by atoms with Crippen LogP contribution < -0.4 is 10.6 Å². The average Bonchev–Trinajstić information content (AvgIpc) is 2.31. The van der Waals surface area contributed by atoms with E-state index in [4.69, 9.17) is 5.11 Å². The Morgan fingerprint density at radius 1 is 1.36 bits per heavy atom. The summed E-state index contributed by atoms with van der Waals surface area (Å²) in [7, 11) is 0. The van der Waals surface area contributed by atoms with Crippen LogP contribution >= 0.6 is 0 Å². The third-order valence-corrected chi connectivity index (χ3v) is 1.78. The van der Waals surface area contributed by atoms with E-state index in [1.807, 2.05) is 0 Å². The van der Waals surface area contributed by atoms with Crippen LogP contribution in [0.5, 0.6) is 0 Å². The standard InChI is InChI=1S/C8H16N2O/c1-8(2,3)7-6(4-11)9-5-10-7/h9-11H,4-5H2,1-3H3. The Morgan fingerprint density at radius 3 is 2.36 bits per heavy atom. The molecule has 0 bridgehead atoms. The lowest BCUT2D eigenvalue weighted by Gasteiger charge is -2.21. The van der Waals surface area contributed by atoms with Crippen LogP contribution in [0.15, 0.2) is 11.4 Å². The van der Waals surface area contributed by atoms with E-state index >= 15 is 0 Å². The minimum atomic E-state index is 0.0968. The highest BCUT2D eigenvalue weighted by Gasteiger charge is 2.23. The number of aliphatic hydroxyl groups excluding tert-OH is 1. The Bertz CT molecular complexity index is 179. The highest BCUT2D eigenvalue weighted by Crippen LogP contribution is 2.26. The van der Waals surface area contributed by atoms with Crippen molar-refractivity contribution in [2.75, 3.05) is 13.3 Å². The predicted octanol–water partition coefficient (Wildman–Crippen LogP) is 0.387. The number of rotatable bonds is 1. The molecule has 0 fully saturated rings. The van der Waals surface area contributed by atoms with Crippen LogP contribution in [-0.4, -0.2) is 18.4 Å². The normalized spacial score (nSPS) is 18.2. The van der Waals surface area contributed by atoms with Crippen molar-refractivity contribution in [1.82, 2.24) is 10.6 Å². The van der Waals surface area contributed by atoms with Crippen LogP contribution in [-0.2, 0) is 0 Å². The smallest absolute Gasteiger partial charge is 0.0846 e. The van der Waals surface area contributed by atoms with Crippen molar-refractivity contribution < 1.29 is 5.11 Å². The zero-order valence-electron chi connectivity index (χ0n) is 7.36. The topological polar surface area (TPSA) is 44.3 Å². The van der Waals surface area contributed by atoms with Crippen LogP contribution in [0.1, 0.15) is 20.8 Å². The van der Waals surface area contributed by atoms with E-state index in [2.05, 4.69) is 31.4 Å². The van der Waals surface area contributed by atoms with Gasteiger partial charge in [-0.15, -0.1) is 0 Å². The summed E-state index contributed by atoms with van der Waals surface area (Å²) < 4.78 is 0. The molecule has 1 aliphatic heterocycles. The minimum absolute atomic E-state index is 0.0968. The molecule has 3 nitrogen and oxygen atoms in total. The first-order chi connectivity index (χ1) is 5.05. The molecule has 3 N–H and O–H groups in total. The lowest BCUT2D eigenvalue weighted by molar-refractivity contribution is 0.320. The Hall–Kier alpha value is -0.700. The molecule has 0 radical (unpaired) electrons. The highest BCUT2D eigenvalue weighted by atomic mass is 16.3. The maximum atomic E-state index is 8.94. The Morgan fingerprint density at radius 2 is 2.00 bits per heavy atom. The fourth-order valence-corrected chi connectivity index (χ4v) is 1.29. The molecule has 1 heterocycles. The number of allylic oxidation sites excluding steroid dienone is 1. The molecule has 1 aliphatic rings. The van der Waals surface area contributed by atoms with E-state index in [9.17, 15) is 0 Å². The van der Waals surface area contributed by atoms with E-state index in [0.717, 1.165) is 18.1 Å². The fourth-order valence-electron chi connectivity index (χ4n) is 1.29. The second-order valence-electron chi connectivity index (χ2n) is 3.79. The van der Waals surface area contributed by atoms with Gasteiger partial charge in [0.05, 0.1) is 19.0 Å². The highest BCUT2D eigenvalue weighted by molar-refractivity contribution is 5.21. The molecule has 0 saturated carbocycles. The molecule has 0 unspecified atom stereocenters. The van der Waals surface area contributed by atoms with Crippen LogP contribution in [0.3, 0.4) is 0 Å². The van der Waals surface area contributed by atoms with Gasteiger partial charge in [0, 0.05) is 11.1 Å². The van der Waals surface area contributed by atoms with E-state index in [1.54, 1.807) is 0 Å². The molecule has 1 rings (SSSR count). The van der Waals surface area contributed by atoms with Gasteiger partial charge in [-0.3, -0.25) is 0 Å². The first-order valence-corrected chi connectivity index (χ1v) is 3.88. The lowest BCUT2D eigenvalue weighted by atomic mass is 9.91. The van der Waals surface area contributed by atoms with Crippen LogP contribution in [0.4, 0.5) is 0 Å². The molecular weight excluding hydrogens is 140 g/mol. The van der Waals surface area contributed by atoms with Gasteiger partial charge in [-0.2, -0.15) is 0 Å². The number of hydrogen-bond donors (Lipinski definition) is 3. The predicted molar refractivity (Wildman–Crippen MR) is 44.7 cm³/mol. The van der Waals surface area contributed by atoms with Crippen molar-refractivity contribution >= 4 is 0 Å². The van der Waals surface area contributed by atoms with Gasteiger partial charge in [-0.1, -0.05) is 20.8 Å². The molecule has 0 aromatic carbocycles. The summed E-state index contributed by atoms with van der Waals surface area (Å²) in [6.45, 7) is 7.20. The zero-order valence-corrected chi connectivity index (χ0v) is 7.36.